The van der Waals surface area contributed by atoms with Crippen LogP contribution in [0.25, 0.3) is 0 Å². The molecule has 24 heavy (non-hydrogen) atoms. The number of fused-ring (bicyclic) bond motifs is 2. The fraction of sp³-hybridized carbons (Fsp3) is 0.650. The summed E-state index contributed by atoms with van der Waals surface area (Å²) in [4.78, 5) is 12.0. The van der Waals surface area contributed by atoms with Gasteiger partial charge in [-0.2, -0.15) is 0 Å². The second kappa shape index (κ2) is 6.49. The molecule has 5 unspecified atom stereocenters. The molecule has 132 valence electrons. The van der Waals surface area contributed by atoms with E-state index in [1.807, 2.05) is 0 Å². The molecule has 0 radical (unpaired) electrons. The van der Waals surface area contributed by atoms with Crippen molar-refractivity contribution in [1.82, 2.24) is 0 Å². The second-order valence-corrected chi connectivity index (χ2v) is 7.74. The molecule has 3 aliphatic rings. The SMILES string of the molecule is C=C1CCC=C(C)CCC2OC2(C)CC2OC(=O)C(=C)C2CC1O. The molecular weight excluding hydrogens is 304 g/mol. The Labute approximate surface area is 144 Å². The lowest BCUT2D eigenvalue weighted by Crippen LogP contribution is -2.28. The van der Waals surface area contributed by atoms with Crippen LogP contribution in [0.5, 0.6) is 0 Å². The Morgan fingerprint density at radius 2 is 2.08 bits per heavy atom. The van der Waals surface area contributed by atoms with Crippen molar-refractivity contribution in [2.75, 3.05) is 0 Å². The van der Waals surface area contributed by atoms with E-state index in [0.29, 0.717) is 18.4 Å². The summed E-state index contributed by atoms with van der Waals surface area (Å²) in [7, 11) is 0. The van der Waals surface area contributed by atoms with Crippen LogP contribution in [0.4, 0.5) is 0 Å². The summed E-state index contributed by atoms with van der Waals surface area (Å²) in [6.45, 7) is 12.1. The summed E-state index contributed by atoms with van der Waals surface area (Å²) in [5, 5.41) is 10.5. The summed E-state index contributed by atoms with van der Waals surface area (Å²) >= 11 is 0. The average Bonchev–Trinajstić information content (AvgIpc) is 3.10. The van der Waals surface area contributed by atoms with Crippen LogP contribution in [-0.4, -0.2) is 35.0 Å². The van der Waals surface area contributed by atoms with E-state index in [1.54, 1.807) is 0 Å². The summed E-state index contributed by atoms with van der Waals surface area (Å²) in [5.41, 5.74) is 2.40. The van der Waals surface area contributed by atoms with E-state index in [2.05, 4.69) is 33.1 Å². The number of ether oxygens (including phenoxy) is 2. The van der Waals surface area contributed by atoms with Crippen LogP contribution >= 0.6 is 0 Å². The summed E-state index contributed by atoms with van der Waals surface area (Å²) in [5.74, 6) is -0.503. The molecule has 0 amide bonds. The first kappa shape index (κ1) is 17.4. The molecular formula is C20H28O4. The highest BCUT2D eigenvalue weighted by Crippen LogP contribution is 2.47. The number of carbonyl (C=O) groups excluding carboxylic acids is 1. The van der Waals surface area contributed by atoms with Gasteiger partial charge >= 0.3 is 5.97 Å². The van der Waals surface area contributed by atoms with E-state index in [4.69, 9.17) is 9.47 Å². The zero-order valence-electron chi connectivity index (χ0n) is 14.7. The van der Waals surface area contributed by atoms with Gasteiger partial charge in [-0.1, -0.05) is 24.8 Å². The molecule has 1 N–H and O–H groups in total. The lowest BCUT2D eigenvalue weighted by Gasteiger charge is -2.23. The van der Waals surface area contributed by atoms with Crippen LogP contribution < -0.4 is 0 Å². The first-order chi connectivity index (χ1) is 11.3. The zero-order chi connectivity index (χ0) is 17.5. The number of hydrogen-bond donors (Lipinski definition) is 1. The number of allylic oxidation sites excluding steroid dienone is 2. The lowest BCUT2D eigenvalue weighted by atomic mass is 9.83. The minimum Gasteiger partial charge on any atom is -0.458 e. The smallest absolute Gasteiger partial charge is 0.334 e. The van der Waals surface area contributed by atoms with Gasteiger partial charge in [-0.15, -0.1) is 0 Å². The van der Waals surface area contributed by atoms with E-state index in [1.165, 1.54) is 5.57 Å². The fourth-order valence-corrected chi connectivity index (χ4v) is 3.92. The molecule has 0 aromatic heterocycles. The molecule has 1 aliphatic carbocycles. The maximum absolute atomic E-state index is 12.0. The summed E-state index contributed by atoms with van der Waals surface area (Å²) < 4.78 is 11.5. The van der Waals surface area contributed by atoms with Gasteiger partial charge < -0.3 is 14.6 Å². The Kier molecular flexibility index (Phi) is 4.71. The number of esters is 1. The first-order valence-electron chi connectivity index (χ1n) is 8.89. The molecule has 0 saturated carbocycles. The molecule has 0 aromatic carbocycles. The normalized spacial score (nSPS) is 41.0. The molecule has 2 fully saturated rings. The number of aliphatic hydroxyl groups is 1. The highest BCUT2D eigenvalue weighted by molar-refractivity contribution is 5.90. The van der Waals surface area contributed by atoms with Gasteiger partial charge in [-0.05, 0) is 51.5 Å². The highest BCUT2D eigenvalue weighted by Gasteiger charge is 2.55. The predicted octanol–water partition coefficient (Wildman–Crippen LogP) is 3.46. The maximum Gasteiger partial charge on any atom is 0.334 e. The van der Waals surface area contributed by atoms with Crippen molar-refractivity contribution < 1.29 is 19.4 Å². The van der Waals surface area contributed by atoms with E-state index in [0.717, 1.165) is 31.3 Å². The average molecular weight is 332 g/mol. The number of aliphatic hydroxyl groups excluding tert-OH is 1. The van der Waals surface area contributed by atoms with Crippen LogP contribution in [0.3, 0.4) is 0 Å². The van der Waals surface area contributed by atoms with Gasteiger partial charge in [0.2, 0.25) is 0 Å². The van der Waals surface area contributed by atoms with Crippen molar-refractivity contribution in [3.8, 4) is 0 Å². The Hall–Kier alpha value is -1.39. The topological polar surface area (TPSA) is 59.1 Å². The van der Waals surface area contributed by atoms with Crippen LogP contribution in [0.2, 0.25) is 0 Å². The molecule has 5 atom stereocenters. The Balaban J connectivity index is 1.79. The maximum atomic E-state index is 12.0. The van der Waals surface area contributed by atoms with Crippen LogP contribution in [-0.2, 0) is 14.3 Å². The molecule has 3 rings (SSSR count). The third-order valence-electron chi connectivity index (χ3n) is 5.77. The molecule has 2 saturated heterocycles. The second-order valence-electron chi connectivity index (χ2n) is 7.74. The minimum absolute atomic E-state index is 0.161. The van der Waals surface area contributed by atoms with Crippen molar-refractivity contribution in [3.05, 3.63) is 36.0 Å². The van der Waals surface area contributed by atoms with Crippen LogP contribution in [0.1, 0.15) is 52.4 Å². The molecule has 0 spiro atoms. The van der Waals surface area contributed by atoms with Gasteiger partial charge in [0.05, 0.1) is 17.8 Å². The number of epoxide rings is 1. The van der Waals surface area contributed by atoms with Gasteiger partial charge in [-0.25, -0.2) is 4.79 Å². The summed E-state index contributed by atoms with van der Waals surface area (Å²) in [6, 6.07) is 0. The molecule has 2 aliphatic heterocycles. The van der Waals surface area contributed by atoms with Gasteiger partial charge in [0.25, 0.3) is 0 Å². The van der Waals surface area contributed by atoms with Gasteiger partial charge in [-0.3, -0.25) is 0 Å². The van der Waals surface area contributed by atoms with Crippen LogP contribution in [0.15, 0.2) is 36.0 Å². The fourth-order valence-electron chi connectivity index (χ4n) is 3.92. The quantitative estimate of drug-likeness (QED) is 0.319. The van der Waals surface area contributed by atoms with Gasteiger partial charge in [0.1, 0.15) is 6.10 Å². The van der Waals surface area contributed by atoms with Gasteiger partial charge in [0.15, 0.2) is 0 Å². The minimum atomic E-state index is -0.635. The zero-order valence-corrected chi connectivity index (χ0v) is 14.7. The van der Waals surface area contributed by atoms with E-state index < -0.39 is 6.10 Å². The van der Waals surface area contributed by atoms with E-state index in [9.17, 15) is 9.90 Å². The van der Waals surface area contributed by atoms with Gasteiger partial charge in [0, 0.05) is 17.9 Å². The molecule has 4 nitrogen and oxygen atoms in total. The predicted molar refractivity (Wildman–Crippen MR) is 92.4 cm³/mol. The largest absolute Gasteiger partial charge is 0.458 e. The molecule has 4 heteroatoms. The summed E-state index contributed by atoms with van der Waals surface area (Å²) in [6.07, 6.45) is 6.30. The Morgan fingerprint density at radius 1 is 1.33 bits per heavy atom. The third-order valence-corrected chi connectivity index (χ3v) is 5.77. The molecule has 0 aromatic rings. The van der Waals surface area contributed by atoms with E-state index in [-0.39, 0.29) is 29.7 Å². The van der Waals surface area contributed by atoms with Crippen molar-refractivity contribution in [1.29, 1.82) is 0 Å². The Bertz CT molecular complexity index is 590. The van der Waals surface area contributed by atoms with Crippen LogP contribution in [0, 0.1) is 5.92 Å². The highest BCUT2D eigenvalue weighted by atomic mass is 16.6. The molecule has 0 bridgehead atoms. The van der Waals surface area contributed by atoms with Crippen molar-refractivity contribution in [2.24, 2.45) is 5.92 Å². The van der Waals surface area contributed by atoms with Crippen molar-refractivity contribution in [3.63, 3.8) is 0 Å². The monoisotopic (exact) mass is 332 g/mol. The van der Waals surface area contributed by atoms with E-state index >= 15 is 0 Å². The third kappa shape index (κ3) is 3.50. The Morgan fingerprint density at radius 3 is 2.83 bits per heavy atom. The van der Waals surface area contributed by atoms with Crippen molar-refractivity contribution in [2.45, 2.75) is 76.3 Å². The van der Waals surface area contributed by atoms with Crippen molar-refractivity contribution >= 4 is 5.97 Å². The first-order valence-corrected chi connectivity index (χ1v) is 8.89. The number of rotatable bonds is 0. The number of carbonyl (C=O) groups is 1. The lowest BCUT2D eigenvalue weighted by molar-refractivity contribution is -0.139. The standard InChI is InChI=1S/C20H28O4/c1-12-6-5-7-13(2)16(21)10-15-14(3)19(22)23-17(15)11-20(4)18(24-20)9-8-12/h6,15-18,21H,2-3,5,7-11H2,1,4H3. The molecule has 2 heterocycles. The number of hydrogen-bond acceptors (Lipinski definition) is 4.